The molecule has 142 valence electrons. The summed E-state index contributed by atoms with van der Waals surface area (Å²) in [6.07, 6.45) is 3.35. The summed E-state index contributed by atoms with van der Waals surface area (Å²) in [7, 11) is 0. The first-order valence-corrected chi connectivity index (χ1v) is 8.64. The van der Waals surface area contributed by atoms with Crippen LogP contribution in [0.15, 0.2) is 34.9 Å². The van der Waals surface area contributed by atoms with Gasteiger partial charge in [-0.2, -0.15) is 0 Å². The van der Waals surface area contributed by atoms with Crippen molar-refractivity contribution >= 4 is 35.6 Å². The van der Waals surface area contributed by atoms with E-state index in [1.54, 1.807) is 6.92 Å². The van der Waals surface area contributed by atoms with Crippen molar-refractivity contribution in [1.29, 1.82) is 0 Å². The number of anilines is 2. The average molecular weight is 394 g/mol. The molecule has 4 N–H and O–H groups in total. The van der Waals surface area contributed by atoms with E-state index in [9.17, 15) is 9.59 Å². The molecule has 3 aliphatic rings. The number of rotatable bonds is 4. The van der Waals surface area contributed by atoms with Crippen LogP contribution >= 0.6 is 11.6 Å². The number of alkyl halides is 1. The minimum Gasteiger partial charge on any atom is -0.384 e. The summed E-state index contributed by atoms with van der Waals surface area (Å²) < 4.78 is 15.1. The Bertz CT molecular complexity index is 907. The first kappa shape index (κ1) is 17.7. The molecule has 4 heterocycles. The maximum Gasteiger partial charge on any atom is 0.276 e. The van der Waals surface area contributed by atoms with Crippen LogP contribution in [0, 0.1) is 0 Å². The van der Waals surface area contributed by atoms with Crippen molar-refractivity contribution in [3.63, 3.8) is 0 Å². The highest BCUT2D eigenvalue weighted by atomic mass is 35.5. The van der Waals surface area contributed by atoms with Crippen LogP contribution in [0.1, 0.15) is 13.3 Å². The lowest BCUT2D eigenvalue weighted by Crippen LogP contribution is -2.52. The molecule has 3 aliphatic heterocycles. The normalized spacial score (nSPS) is 31.4. The average Bonchev–Trinajstić information content (AvgIpc) is 3.08. The first-order chi connectivity index (χ1) is 12.8. The van der Waals surface area contributed by atoms with Crippen LogP contribution in [-0.2, 0) is 9.59 Å². The van der Waals surface area contributed by atoms with Crippen LogP contribution in [-0.4, -0.2) is 56.6 Å². The molecule has 0 bridgehead atoms. The molecular formula is C16H17ClFN7O2. The second kappa shape index (κ2) is 5.89. The molecule has 11 heteroatoms. The molecule has 27 heavy (non-hydrogen) atoms. The number of hydrogen-bond donors (Lipinski definition) is 3. The van der Waals surface area contributed by atoms with Crippen molar-refractivity contribution in [3.8, 4) is 0 Å². The molecule has 2 atom stereocenters. The number of nitrogens with zero attached hydrogens (tertiary/aromatic N) is 4. The zero-order valence-corrected chi connectivity index (χ0v) is 15.1. The van der Waals surface area contributed by atoms with Gasteiger partial charge in [-0.25, -0.2) is 14.4 Å². The molecule has 0 aromatic carbocycles. The number of amides is 2. The van der Waals surface area contributed by atoms with Gasteiger partial charge in [-0.1, -0.05) is 11.6 Å². The third-order valence-electron chi connectivity index (χ3n) is 5.03. The predicted molar refractivity (Wildman–Crippen MR) is 95.5 cm³/mol. The molecular weight excluding hydrogens is 377 g/mol. The molecule has 1 aromatic rings. The maximum atomic E-state index is 15.1. The fourth-order valence-corrected chi connectivity index (χ4v) is 4.19. The second-order valence-electron chi connectivity index (χ2n) is 6.60. The minimum absolute atomic E-state index is 0.0219. The summed E-state index contributed by atoms with van der Waals surface area (Å²) >= 11 is 6.32. The van der Waals surface area contributed by atoms with Crippen molar-refractivity contribution in [2.75, 3.05) is 24.1 Å². The van der Waals surface area contributed by atoms with E-state index in [0.29, 0.717) is 30.3 Å². The van der Waals surface area contributed by atoms with Crippen molar-refractivity contribution in [2.24, 2.45) is 0 Å². The number of carbonyl (C=O) groups is 2. The molecule has 2 unspecified atom stereocenters. The van der Waals surface area contributed by atoms with Gasteiger partial charge in [0, 0.05) is 31.3 Å². The van der Waals surface area contributed by atoms with Crippen molar-refractivity contribution < 1.29 is 14.0 Å². The van der Waals surface area contributed by atoms with Crippen LogP contribution in [0.5, 0.6) is 0 Å². The zero-order chi connectivity index (χ0) is 19.4. The van der Waals surface area contributed by atoms with Crippen molar-refractivity contribution in [1.82, 2.24) is 25.1 Å². The molecule has 4 rings (SSSR count). The number of allylic oxidation sites excluding steroid dienone is 3. The van der Waals surface area contributed by atoms with Gasteiger partial charge in [-0.15, -0.1) is 0 Å². The fraction of sp³-hybridized carbons (Fsp3) is 0.375. The zero-order valence-electron chi connectivity index (χ0n) is 14.4. The van der Waals surface area contributed by atoms with E-state index in [2.05, 4.69) is 20.6 Å². The summed E-state index contributed by atoms with van der Waals surface area (Å²) in [6.45, 7) is 2.29. The highest BCUT2D eigenvalue weighted by Crippen LogP contribution is 2.63. The first-order valence-electron chi connectivity index (χ1n) is 8.27. The predicted octanol–water partition coefficient (Wildman–Crippen LogP) is 0.494. The molecule has 0 saturated carbocycles. The third-order valence-corrected chi connectivity index (χ3v) is 5.31. The SMILES string of the molecule is C/C(=C\C(Cl)=C1\C(=O)N2C3(F)CCNCC23N1C=O)Nc1cc(N)ncn1. The molecule has 1 aromatic heterocycles. The van der Waals surface area contributed by atoms with E-state index in [0.717, 1.165) is 9.80 Å². The minimum atomic E-state index is -1.84. The van der Waals surface area contributed by atoms with Crippen LogP contribution in [0.3, 0.4) is 0 Å². The molecule has 3 fully saturated rings. The monoisotopic (exact) mass is 393 g/mol. The Balaban J connectivity index is 1.64. The van der Waals surface area contributed by atoms with Gasteiger partial charge in [0.1, 0.15) is 23.7 Å². The summed E-state index contributed by atoms with van der Waals surface area (Å²) in [6, 6.07) is 1.53. The van der Waals surface area contributed by atoms with Gasteiger partial charge in [-0.3, -0.25) is 19.4 Å². The number of piperazine rings is 1. The molecule has 0 radical (unpaired) electrons. The van der Waals surface area contributed by atoms with Gasteiger partial charge >= 0.3 is 0 Å². The number of carbonyl (C=O) groups excluding carboxylic acids is 2. The molecule has 3 saturated heterocycles. The number of piperidine rings is 1. The van der Waals surface area contributed by atoms with Gasteiger partial charge in [0.25, 0.3) is 5.91 Å². The smallest absolute Gasteiger partial charge is 0.276 e. The van der Waals surface area contributed by atoms with E-state index in [4.69, 9.17) is 17.3 Å². The molecule has 9 nitrogen and oxygen atoms in total. The summed E-state index contributed by atoms with van der Waals surface area (Å²) in [5.74, 6) is -1.71. The summed E-state index contributed by atoms with van der Waals surface area (Å²) in [5, 5.41) is 6.02. The Morgan fingerprint density at radius 2 is 2.30 bits per heavy atom. The maximum absolute atomic E-state index is 15.1. The number of nitrogens with one attached hydrogen (secondary N) is 2. The van der Waals surface area contributed by atoms with Crippen molar-refractivity contribution in [3.05, 3.63) is 34.9 Å². The standard InChI is InChI=1S/C16H17ClFN7O2/c1-9(23-12-5-11(19)21-7-22-12)4-10(17)13-14(27)25-15(18)2-3-20-6-16(15,25)24(13)8-26/h4-5,7-8,20H,2-3,6H2,1H3,(H3,19,21,22,23)/b9-4+,13-10+. The molecule has 0 aliphatic carbocycles. The number of fused-ring (bicyclic) bond motifs is 1. The Labute approximate surface area is 159 Å². The second-order valence-corrected chi connectivity index (χ2v) is 7.00. The lowest BCUT2D eigenvalue weighted by molar-refractivity contribution is -0.126. The Hall–Kier alpha value is -2.72. The largest absolute Gasteiger partial charge is 0.384 e. The van der Waals surface area contributed by atoms with Crippen LogP contribution < -0.4 is 16.4 Å². The van der Waals surface area contributed by atoms with E-state index in [1.807, 2.05) is 0 Å². The third kappa shape index (κ3) is 2.33. The molecule has 2 amide bonds. The van der Waals surface area contributed by atoms with Gasteiger partial charge < -0.3 is 16.4 Å². The lowest BCUT2D eigenvalue weighted by atomic mass is 10.0. The number of hydrogen-bond acceptors (Lipinski definition) is 7. The Morgan fingerprint density at radius 1 is 1.52 bits per heavy atom. The van der Waals surface area contributed by atoms with Gasteiger partial charge in [-0.05, 0) is 13.0 Å². The number of nitrogens with two attached hydrogens (primary N) is 1. The highest BCUT2D eigenvalue weighted by molar-refractivity contribution is 6.34. The van der Waals surface area contributed by atoms with Crippen LogP contribution in [0.4, 0.5) is 16.0 Å². The highest BCUT2D eigenvalue weighted by Gasteiger charge is 2.87. The van der Waals surface area contributed by atoms with Gasteiger partial charge in [0.05, 0.1) is 5.03 Å². The van der Waals surface area contributed by atoms with Crippen LogP contribution in [0.25, 0.3) is 0 Å². The van der Waals surface area contributed by atoms with Crippen LogP contribution in [0.2, 0.25) is 0 Å². The van der Waals surface area contributed by atoms with Gasteiger partial charge in [0.15, 0.2) is 5.66 Å². The Morgan fingerprint density at radius 3 is 3.00 bits per heavy atom. The summed E-state index contributed by atoms with van der Waals surface area (Å²) in [5.41, 5.74) is 4.77. The van der Waals surface area contributed by atoms with E-state index < -0.39 is 17.4 Å². The molecule has 1 spiro atoms. The summed E-state index contributed by atoms with van der Waals surface area (Å²) in [4.78, 5) is 34.4. The van der Waals surface area contributed by atoms with Crippen molar-refractivity contribution in [2.45, 2.75) is 24.8 Å². The number of aromatic nitrogens is 2. The number of nitrogen functional groups attached to an aromatic ring is 1. The quantitative estimate of drug-likeness (QED) is 0.295. The number of halogens is 2. The van der Waals surface area contributed by atoms with E-state index >= 15 is 4.39 Å². The fourth-order valence-electron chi connectivity index (χ4n) is 3.85. The topological polar surface area (TPSA) is 116 Å². The lowest BCUT2D eigenvalue weighted by Gasteiger charge is -2.29. The van der Waals surface area contributed by atoms with Gasteiger partial charge in [0.2, 0.25) is 12.2 Å². The van der Waals surface area contributed by atoms with E-state index in [1.165, 1.54) is 18.5 Å². The van der Waals surface area contributed by atoms with E-state index in [-0.39, 0.29) is 23.7 Å². The Kier molecular flexibility index (Phi) is 3.86.